The van der Waals surface area contributed by atoms with Gasteiger partial charge in [-0.2, -0.15) is 11.8 Å². The second-order valence-corrected chi connectivity index (χ2v) is 7.77. The lowest BCUT2D eigenvalue weighted by atomic mass is 10.0. The minimum Gasteiger partial charge on any atom is -0.392 e. The van der Waals surface area contributed by atoms with Crippen molar-refractivity contribution in [1.29, 1.82) is 0 Å². The molecule has 0 radical (unpaired) electrons. The molecule has 2 aromatic carbocycles. The van der Waals surface area contributed by atoms with Crippen LogP contribution in [0, 0.1) is 0 Å². The largest absolute Gasteiger partial charge is 0.392 e. The lowest BCUT2D eigenvalue weighted by molar-refractivity contribution is 0.200. The maximum absolute atomic E-state index is 10.2. The van der Waals surface area contributed by atoms with E-state index in [4.69, 9.17) is 0 Å². The second kappa shape index (κ2) is 5.98. The van der Waals surface area contributed by atoms with E-state index in [9.17, 15) is 5.11 Å². The molecule has 0 heterocycles. The molecule has 0 fully saturated rings. The van der Waals surface area contributed by atoms with Crippen LogP contribution in [0.25, 0.3) is 10.8 Å². The molecule has 2 aromatic rings. The maximum atomic E-state index is 10.2. The molecule has 19 heavy (non-hydrogen) atoms. The van der Waals surface area contributed by atoms with E-state index in [2.05, 4.69) is 63.2 Å². The van der Waals surface area contributed by atoms with Crippen LogP contribution in [0.4, 0.5) is 0 Å². The summed E-state index contributed by atoms with van der Waals surface area (Å²) in [6.45, 7) is 6.55. The summed E-state index contributed by atoms with van der Waals surface area (Å²) < 4.78 is 0.208. The fourth-order valence-corrected chi connectivity index (χ4v) is 2.94. The Morgan fingerprint density at radius 3 is 2.47 bits per heavy atom. The van der Waals surface area contributed by atoms with Crippen LogP contribution < -0.4 is 0 Å². The number of aliphatic hydroxyl groups is 1. The van der Waals surface area contributed by atoms with Crippen LogP contribution in [-0.2, 0) is 6.42 Å². The van der Waals surface area contributed by atoms with E-state index in [1.807, 2.05) is 11.8 Å². The monoisotopic (exact) mass is 274 g/mol. The first kappa shape index (κ1) is 14.4. The lowest BCUT2D eigenvalue weighted by Gasteiger charge is -2.20. The molecule has 0 aliphatic carbocycles. The van der Waals surface area contributed by atoms with Gasteiger partial charge in [0, 0.05) is 10.5 Å². The van der Waals surface area contributed by atoms with Gasteiger partial charge in [-0.25, -0.2) is 0 Å². The van der Waals surface area contributed by atoms with Crippen molar-refractivity contribution in [2.75, 3.05) is 5.75 Å². The van der Waals surface area contributed by atoms with Crippen LogP contribution in [0.15, 0.2) is 42.5 Å². The molecule has 1 atom stereocenters. The van der Waals surface area contributed by atoms with E-state index in [0.717, 1.165) is 12.2 Å². The zero-order chi connectivity index (χ0) is 13.9. The van der Waals surface area contributed by atoms with Gasteiger partial charge in [0.25, 0.3) is 0 Å². The molecule has 2 heteroatoms. The standard InChI is InChI=1S/C17H22OS/c1-17(2,3)19-12-15(18)11-14-9-6-8-13-7-4-5-10-16(13)14/h4-10,15,18H,11-12H2,1-3H3. The summed E-state index contributed by atoms with van der Waals surface area (Å²) in [4.78, 5) is 0. The van der Waals surface area contributed by atoms with E-state index >= 15 is 0 Å². The third-order valence-electron chi connectivity index (χ3n) is 3.04. The zero-order valence-corrected chi connectivity index (χ0v) is 12.7. The second-order valence-electron chi connectivity index (χ2n) is 5.92. The van der Waals surface area contributed by atoms with Crippen LogP contribution in [0.3, 0.4) is 0 Å². The average Bonchev–Trinajstić information content (AvgIpc) is 2.36. The van der Waals surface area contributed by atoms with Crippen molar-refractivity contribution in [3.8, 4) is 0 Å². The molecular formula is C17H22OS. The van der Waals surface area contributed by atoms with Gasteiger partial charge in [-0.1, -0.05) is 63.2 Å². The van der Waals surface area contributed by atoms with E-state index in [1.165, 1.54) is 16.3 Å². The Kier molecular flexibility index (Phi) is 4.54. The number of thioether (sulfide) groups is 1. The van der Waals surface area contributed by atoms with Crippen molar-refractivity contribution in [2.24, 2.45) is 0 Å². The summed E-state index contributed by atoms with van der Waals surface area (Å²) in [6, 6.07) is 14.7. The molecule has 0 aliphatic heterocycles. The predicted molar refractivity (Wildman–Crippen MR) is 85.9 cm³/mol. The molecule has 1 unspecified atom stereocenters. The highest BCUT2D eigenvalue weighted by Gasteiger charge is 2.15. The number of hydrogen-bond donors (Lipinski definition) is 1. The minimum absolute atomic E-state index is 0.208. The number of benzene rings is 2. The van der Waals surface area contributed by atoms with E-state index < -0.39 is 0 Å². The van der Waals surface area contributed by atoms with Gasteiger partial charge in [0.15, 0.2) is 0 Å². The fourth-order valence-electron chi connectivity index (χ4n) is 2.13. The van der Waals surface area contributed by atoms with Gasteiger partial charge >= 0.3 is 0 Å². The number of hydrogen-bond acceptors (Lipinski definition) is 2. The summed E-state index contributed by atoms with van der Waals surface area (Å²) in [5.74, 6) is 0.784. The number of rotatable bonds is 4. The first-order valence-corrected chi connectivity index (χ1v) is 7.73. The molecule has 2 rings (SSSR count). The Balaban J connectivity index is 2.09. The smallest absolute Gasteiger partial charge is 0.0671 e. The Hall–Kier alpha value is -0.990. The van der Waals surface area contributed by atoms with Crippen LogP contribution >= 0.6 is 11.8 Å². The third kappa shape index (κ3) is 4.26. The highest BCUT2D eigenvalue weighted by molar-refractivity contribution is 8.00. The quantitative estimate of drug-likeness (QED) is 0.898. The molecule has 0 saturated heterocycles. The van der Waals surface area contributed by atoms with E-state index in [0.29, 0.717) is 0 Å². The maximum Gasteiger partial charge on any atom is 0.0671 e. The molecule has 0 bridgehead atoms. The summed E-state index contributed by atoms with van der Waals surface area (Å²) in [6.07, 6.45) is 0.444. The van der Waals surface area contributed by atoms with Crippen molar-refractivity contribution < 1.29 is 5.11 Å². The fraction of sp³-hybridized carbons (Fsp3) is 0.412. The minimum atomic E-state index is -0.282. The van der Waals surface area contributed by atoms with E-state index in [1.54, 1.807) is 0 Å². The molecule has 0 aliphatic rings. The normalized spacial score (nSPS) is 13.7. The van der Waals surface area contributed by atoms with Crippen molar-refractivity contribution in [3.05, 3.63) is 48.0 Å². The SMILES string of the molecule is CC(C)(C)SCC(O)Cc1cccc2ccccc12. The molecule has 102 valence electrons. The van der Waals surface area contributed by atoms with Crippen molar-refractivity contribution in [1.82, 2.24) is 0 Å². The third-order valence-corrected chi connectivity index (χ3v) is 4.46. The van der Waals surface area contributed by atoms with Gasteiger partial charge in [0.2, 0.25) is 0 Å². The summed E-state index contributed by atoms with van der Waals surface area (Å²) in [5, 5.41) is 12.7. The predicted octanol–water partition coefficient (Wildman–Crippen LogP) is 4.27. The van der Waals surface area contributed by atoms with Crippen LogP contribution in [0.5, 0.6) is 0 Å². The van der Waals surface area contributed by atoms with Crippen LogP contribution in [0.1, 0.15) is 26.3 Å². The molecule has 1 N–H and O–H groups in total. The van der Waals surface area contributed by atoms with Gasteiger partial charge in [0.1, 0.15) is 0 Å². The van der Waals surface area contributed by atoms with Crippen molar-refractivity contribution >= 4 is 22.5 Å². The summed E-state index contributed by atoms with van der Waals surface area (Å²) in [7, 11) is 0. The number of fused-ring (bicyclic) bond motifs is 1. The zero-order valence-electron chi connectivity index (χ0n) is 11.9. The topological polar surface area (TPSA) is 20.2 Å². The van der Waals surface area contributed by atoms with Crippen molar-refractivity contribution in [2.45, 2.75) is 38.0 Å². The van der Waals surface area contributed by atoms with Crippen LogP contribution in [0.2, 0.25) is 0 Å². The highest BCUT2D eigenvalue weighted by Crippen LogP contribution is 2.25. The van der Waals surface area contributed by atoms with Gasteiger partial charge in [-0.05, 0) is 22.8 Å². The van der Waals surface area contributed by atoms with Crippen molar-refractivity contribution in [3.63, 3.8) is 0 Å². The Morgan fingerprint density at radius 2 is 1.74 bits per heavy atom. The van der Waals surface area contributed by atoms with Gasteiger partial charge in [0.05, 0.1) is 6.10 Å². The molecule has 0 aromatic heterocycles. The van der Waals surface area contributed by atoms with Crippen LogP contribution in [-0.4, -0.2) is 21.7 Å². The first-order valence-electron chi connectivity index (χ1n) is 6.74. The highest BCUT2D eigenvalue weighted by atomic mass is 32.2. The van der Waals surface area contributed by atoms with Gasteiger partial charge in [-0.15, -0.1) is 0 Å². The summed E-state index contributed by atoms with van der Waals surface area (Å²) >= 11 is 1.82. The first-order chi connectivity index (χ1) is 8.96. The average molecular weight is 274 g/mol. The molecule has 1 nitrogen and oxygen atoms in total. The van der Waals surface area contributed by atoms with E-state index in [-0.39, 0.29) is 10.9 Å². The Bertz CT molecular complexity index is 537. The molecular weight excluding hydrogens is 252 g/mol. The van der Waals surface area contributed by atoms with Gasteiger partial charge in [-0.3, -0.25) is 0 Å². The Morgan fingerprint density at radius 1 is 1.05 bits per heavy atom. The molecule has 0 saturated carbocycles. The Labute approximate surface area is 120 Å². The van der Waals surface area contributed by atoms with Gasteiger partial charge < -0.3 is 5.11 Å². The summed E-state index contributed by atoms with van der Waals surface area (Å²) in [5.41, 5.74) is 1.24. The molecule has 0 amide bonds. The number of aliphatic hydroxyl groups excluding tert-OH is 1. The molecule has 0 spiro atoms. The lowest BCUT2D eigenvalue weighted by Crippen LogP contribution is -2.19.